The molecule has 104 valence electrons. The van der Waals surface area contributed by atoms with Gasteiger partial charge in [0.15, 0.2) is 0 Å². The van der Waals surface area contributed by atoms with E-state index in [-0.39, 0.29) is 18.6 Å². The van der Waals surface area contributed by atoms with Crippen molar-refractivity contribution in [1.29, 1.82) is 0 Å². The van der Waals surface area contributed by atoms with E-state index in [2.05, 4.69) is 11.8 Å². The van der Waals surface area contributed by atoms with E-state index in [1.165, 1.54) is 11.3 Å². The third kappa shape index (κ3) is 4.06. The first-order valence-electron chi connectivity index (χ1n) is 6.22. The minimum atomic E-state index is -0.0575. The predicted octanol–water partition coefficient (Wildman–Crippen LogP) is 1.21. The second kappa shape index (κ2) is 7.29. The fourth-order valence-electron chi connectivity index (χ4n) is 1.69. The number of amides is 1. The van der Waals surface area contributed by atoms with E-state index in [0.29, 0.717) is 18.0 Å². The van der Waals surface area contributed by atoms with Gasteiger partial charge < -0.3 is 15.7 Å². The van der Waals surface area contributed by atoms with Crippen LogP contribution in [0.5, 0.6) is 0 Å². The summed E-state index contributed by atoms with van der Waals surface area (Å²) in [6.07, 6.45) is 0. The Labute approximate surface area is 118 Å². The van der Waals surface area contributed by atoms with Gasteiger partial charge in [0, 0.05) is 12.6 Å². The van der Waals surface area contributed by atoms with Gasteiger partial charge in [0.1, 0.15) is 0 Å². The first kappa shape index (κ1) is 15.7. The molecule has 19 heavy (non-hydrogen) atoms. The Morgan fingerprint density at radius 2 is 2.26 bits per heavy atom. The van der Waals surface area contributed by atoms with Crippen molar-refractivity contribution in [2.75, 3.05) is 19.7 Å². The molecular formula is C14H20N2O2S. The quantitative estimate of drug-likeness (QED) is 0.815. The van der Waals surface area contributed by atoms with Crippen LogP contribution in [0, 0.1) is 18.8 Å². The molecule has 1 rings (SSSR count). The lowest BCUT2D eigenvalue weighted by atomic mass is 10.2. The Balaban J connectivity index is 2.99. The number of aliphatic hydroxyl groups excluding tert-OH is 1. The molecule has 1 aromatic heterocycles. The third-order valence-electron chi connectivity index (χ3n) is 2.66. The number of carbonyl (C=O) groups excluding carboxylic acids is 1. The molecule has 1 aromatic rings. The molecule has 3 N–H and O–H groups in total. The average molecular weight is 280 g/mol. The van der Waals surface area contributed by atoms with E-state index in [0.717, 1.165) is 10.4 Å². The molecule has 0 saturated carbocycles. The Hall–Kier alpha value is -1.35. The van der Waals surface area contributed by atoms with Gasteiger partial charge in [0.2, 0.25) is 0 Å². The summed E-state index contributed by atoms with van der Waals surface area (Å²) in [5.41, 5.74) is 6.34. The zero-order valence-corrected chi connectivity index (χ0v) is 12.4. The van der Waals surface area contributed by atoms with Crippen LogP contribution in [-0.2, 0) is 0 Å². The van der Waals surface area contributed by atoms with Crippen molar-refractivity contribution < 1.29 is 9.90 Å². The lowest BCUT2D eigenvalue weighted by molar-refractivity contribution is 0.0670. The Bertz CT molecular complexity index is 497. The smallest absolute Gasteiger partial charge is 0.264 e. The Morgan fingerprint density at radius 3 is 2.79 bits per heavy atom. The van der Waals surface area contributed by atoms with Crippen LogP contribution in [0.1, 0.15) is 34.0 Å². The summed E-state index contributed by atoms with van der Waals surface area (Å²) in [5, 5.41) is 9.03. The van der Waals surface area contributed by atoms with Gasteiger partial charge in [-0.3, -0.25) is 4.79 Å². The molecule has 0 spiro atoms. The summed E-state index contributed by atoms with van der Waals surface area (Å²) < 4.78 is 0. The topological polar surface area (TPSA) is 66.6 Å². The maximum absolute atomic E-state index is 12.4. The van der Waals surface area contributed by atoms with Crippen LogP contribution in [0.25, 0.3) is 0 Å². The maximum atomic E-state index is 12.4. The SMILES string of the molecule is Cc1cc(C(=O)N(CCO)C(C)C)sc1C#CCN. The minimum absolute atomic E-state index is 0.0336. The number of hydrogen-bond donors (Lipinski definition) is 2. The number of nitrogens with two attached hydrogens (primary N) is 1. The summed E-state index contributed by atoms with van der Waals surface area (Å²) in [6.45, 7) is 6.42. The summed E-state index contributed by atoms with van der Waals surface area (Å²) in [7, 11) is 0. The van der Waals surface area contributed by atoms with E-state index in [9.17, 15) is 4.79 Å². The average Bonchev–Trinajstić information content (AvgIpc) is 2.73. The number of nitrogens with zero attached hydrogens (tertiary/aromatic N) is 1. The zero-order valence-electron chi connectivity index (χ0n) is 11.6. The molecule has 5 heteroatoms. The number of aliphatic hydroxyl groups is 1. The molecule has 4 nitrogen and oxygen atoms in total. The van der Waals surface area contributed by atoms with Gasteiger partial charge in [-0.15, -0.1) is 11.3 Å². The van der Waals surface area contributed by atoms with Gasteiger partial charge in [-0.2, -0.15) is 0 Å². The highest BCUT2D eigenvalue weighted by atomic mass is 32.1. The van der Waals surface area contributed by atoms with Crippen molar-refractivity contribution in [2.45, 2.75) is 26.8 Å². The Morgan fingerprint density at radius 1 is 1.58 bits per heavy atom. The monoisotopic (exact) mass is 280 g/mol. The predicted molar refractivity (Wildman–Crippen MR) is 78.2 cm³/mol. The largest absolute Gasteiger partial charge is 0.395 e. The van der Waals surface area contributed by atoms with E-state index < -0.39 is 0 Å². The highest BCUT2D eigenvalue weighted by Crippen LogP contribution is 2.23. The highest BCUT2D eigenvalue weighted by molar-refractivity contribution is 7.14. The molecule has 0 aromatic carbocycles. The van der Waals surface area contributed by atoms with Crippen molar-refractivity contribution in [1.82, 2.24) is 4.90 Å². The minimum Gasteiger partial charge on any atom is -0.395 e. The normalized spacial score (nSPS) is 10.2. The zero-order chi connectivity index (χ0) is 14.4. The van der Waals surface area contributed by atoms with Crippen LogP contribution in [0.15, 0.2) is 6.07 Å². The summed E-state index contributed by atoms with van der Waals surface area (Å²) >= 11 is 1.38. The lowest BCUT2D eigenvalue weighted by Gasteiger charge is -2.25. The number of carbonyl (C=O) groups is 1. The molecule has 0 fully saturated rings. The fraction of sp³-hybridized carbons (Fsp3) is 0.500. The van der Waals surface area contributed by atoms with E-state index >= 15 is 0 Å². The number of thiophene rings is 1. The van der Waals surface area contributed by atoms with Crippen LogP contribution < -0.4 is 5.73 Å². The van der Waals surface area contributed by atoms with E-state index in [4.69, 9.17) is 10.8 Å². The standard InChI is InChI=1S/C14H20N2O2S/c1-10(2)16(7-8-17)14(18)13-9-11(3)12(19-13)5-4-6-15/h9-10,17H,6-8,15H2,1-3H3. The molecule has 0 bridgehead atoms. The third-order valence-corrected chi connectivity index (χ3v) is 3.80. The van der Waals surface area contributed by atoms with Crippen LogP contribution in [0.3, 0.4) is 0 Å². The molecule has 0 saturated heterocycles. The molecule has 0 unspecified atom stereocenters. The van der Waals surface area contributed by atoms with Gasteiger partial charge in [0.05, 0.1) is 22.9 Å². The molecule has 0 atom stereocenters. The van der Waals surface area contributed by atoms with E-state index in [1.54, 1.807) is 4.90 Å². The Kier molecular flexibility index (Phi) is 6.03. The molecule has 0 aliphatic carbocycles. The van der Waals surface area contributed by atoms with Crippen molar-refractivity contribution in [3.05, 3.63) is 21.4 Å². The second-order valence-electron chi connectivity index (χ2n) is 4.44. The van der Waals surface area contributed by atoms with Crippen molar-refractivity contribution in [3.63, 3.8) is 0 Å². The summed E-state index contributed by atoms with van der Waals surface area (Å²) in [4.78, 5) is 15.6. The maximum Gasteiger partial charge on any atom is 0.264 e. The number of rotatable bonds is 4. The summed E-state index contributed by atoms with van der Waals surface area (Å²) in [6, 6.07) is 1.90. The lowest BCUT2D eigenvalue weighted by Crippen LogP contribution is -2.38. The molecule has 1 amide bonds. The molecule has 1 heterocycles. The van der Waals surface area contributed by atoms with Crippen LogP contribution in [0.4, 0.5) is 0 Å². The van der Waals surface area contributed by atoms with Crippen LogP contribution in [0.2, 0.25) is 0 Å². The number of aryl methyl sites for hydroxylation is 1. The van der Waals surface area contributed by atoms with Crippen molar-refractivity contribution >= 4 is 17.2 Å². The van der Waals surface area contributed by atoms with Gasteiger partial charge in [-0.05, 0) is 32.4 Å². The van der Waals surface area contributed by atoms with Crippen LogP contribution in [-0.4, -0.2) is 41.7 Å². The van der Waals surface area contributed by atoms with Gasteiger partial charge in [0.25, 0.3) is 5.91 Å². The van der Waals surface area contributed by atoms with Gasteiger partial charge in [-0.1, -0.05) is 11.8 Å². The van der Waals surface area contributed by atoms with E-state index in [1.807, 2.05) is 26.8 Å². The molecule has 0 aliphatic rings. The molecule has 0 radical (unpaired) electrons. The van der Waals surface area contributed by atoms with Crippen molar-refractivity contribution in [2.24, 2.45) is 5.73 Å². The summed E-state index contributed by atoms with van der Waals surface area (Å²) in [5.74, 6) is 5.71. The first-order chi connectivity index (χ1) is 9.01. The fourth-order valence-corrected chi connectivity index (χ4v) is 2.69. The molecule has 0 aliphatic heterocycles. The van der Waals surface area contributed by atoms with Gasteiger partial charge >= 0.3 is 0 Å². The number of hydrogen-bond acceptors (Lipinski definition) is 4. The highest BCUT2D eigenvalue weighted by Gasteiger charge is 2.20. The first-order valence-corrected chi connectivity index (χ1v) is 7.04. The van der Waals surface area contributed by atoms with Crippen LogP contribution >= 0.6 is 11.3 Å². The van der Waals surface area contributed by atoms with Crippen molar-refractivity contribution in [3.8, 4) is 11.8 Å². The second-order valence-corrected chi connectivity index (χ2v) is 5.50. The van der Waals surface area contributed by atoms with Gasteiger partial charge in [-0.25, -0.2) is 0 Å². The molecular weight excluding hydrogens is 260 g/mol.